The molecule has 0 spiro atoms. The van der Waals surface area contributed by atoms with Crippen LogP contribution in [0.4, 0.5) is 4.39 Å². The maximum absolute atomic E-state index is 13.3. The van der Waals surface area contributed by atoms with E-state index in [1.54, 1.807) is 6.07 Å². The van der Waals surface area contributed by atoms with Crippen LogP contribution in [0.25, 0.3) is 0 Å². The summed E-state index contributed by atoms with van der Waals surface area (Å²) in [5.41, 5.74) is 0.930. The topological polar surface area (TPSA) is 12.0 Å². The van der Waals surface area contributed by atoms with Crippen LogP contribution in [-0.4, -0.2) is 6.54 Å². The number of hydrogen-bond acceptors (Lipinski definition) is 1. The van der Waals surface area contributed by atoms with Crippen molar-refractivity contribution in [1.82, 2.24) is 5.32 Å². The summed E-state index contributed by atoms with van der Waals surface area (Å²) in [6.07, 6.45) is 2.54. The number of hydrogen-bond donors (Lipinski definition) is 1. The Morgan fingerprint density at radius 2 is 2.13 bits per heavy atom. The van der Waals surface area contributed by atoms with Gasteiger partial charge in [0.15, 0.2) is 0 Å². The molecule has 1 unspecified atom stereocenters. The largest absolute Gasteiger partial charge is 0.309 e. The van der Waals surface area contributed by atoms with Crippen LogP contribution in [0.15, 0.2) is 18.2 Å². The summed E-state index contributed by atoms with van der Waals surface area (Å²) in [6.45, 7) is 1.05. The lowest BCUT2D eigenvalue weighted by molar-refractivity contribution is 0.0830. The van der Waals surface area contributed by atoms with E-state index in [0.717, 1.165) is 18.0 Å². The molecule has 80 valence electrons. The molecule has 0 amide bonds. The summed E-state index contributed by atoms with van der Waals surface area (Å²) in [7, 11) is 0. The van der Waals surface area contributed by atoms with E-state index in [9.17, 15) is 4.39 Å². The van der Waals surface area contributed by atoms with Crippen LogP contribution in [0.5, 0.6) is 0 Å². The number of benzene rings is 1. The molecule has 2 heterocycles. The zero-order valence-corrected chi connectivity index (χ0v) is 9.10. The van der Waals surface area contributed by atoms with Gasteiger partial charge in [-0.2, -0.15) is 0 Å². The van der Waals surface area contributed by atoms with Crippen LogP contribution in [0.2, 0.25) is 5.02 Å². The fourth-order valence-electron chi connectivity index (χ4n) is 2.81. The van der Waals surface area contributed by atoms with Crippen molar-refractivity contribution in [3.8, 4) is 0 Å². The number of rotatable bonds is 1. The highest BCUT2D eigenvalue weighted by molar-refractivity contribution is 6.31. The van der Waals surface area contributed by atoms with Crippen molar-refractivity contribution in [1.29, 1.82) is 0 Å². The van der Waals surface area contributed by atoms with Gasteiger partial charge in [0, 0.05) is 6.04 Å². The van der Waals surface area contributed by atoms with Crippen molar-refractivity contribution in [3.63, 3.8) is 0 Å². The van der Waals surface area contributed by atoms with E-state index in [2.05, 4.69) is 5.32 Å². The summed E-state index contributed by atoms with van der Waals surface area (Å²) in [5, 5.41) is 3.74. The number of nitrogens with one attached hydrogen (secondary N) is 1. The van der Waals surface area contributed by atoms with E-state index >= 15 is 0 Å². The van der Waals surface area contributed by atoms with E-state index in [-0.39, 0.29) is 11.9 Å². The van der Waals surface area contributed by atoms with Gasteiger partial charge in [0.25, 0.3) is 0 Å². The van der Waals surface area contributed by atoms with Crippen LogP contribution >= 0.6 is 11.6 Å². The van der Waals surface area contributed by atoms with Crippen molar-refractivity contribution >= 4 is 11.6 Å². The molecule has 0 radical (unpaired) electrons. The van der Waals surface area contributed by atoms with E-state index < -0.39 is 0 Å². The Kier molecular flexibility index (Phi) is 2.22. The smallest absolute Gasteiger partial charge is 0.142 e. The van der Waals surface area contributed by atoms with Crippen molar-refractivity contribution < 1.29 is 4.39 Å². The molecular formula is C12H13ClFN. The molecule has 3 heteroatoms. The summed E-state index contributed by atoms with van der Waals surface area (Å²) in [6, 6.07) is 5.35. The summed E-state index contributed by atoms with van der Waals surface area (Å²) in [4.78, 5) is 0. The molecule has 2 saturated heterocycles. The first-order valence-electron chi connectivity index (χ1n) is 5.43. The van der Waals surface area contributed by atoms with Gasteiger partial charge in [-0.15, -0.1) is 0 Å². The van der Waals surface area contributed by atoms with Gasteiger partial charge in [0.1, 0.15) is 5.82 Å². The molecule has 4 rings (SSSR count). The van der Waals surface area contributed by atoms with Crippen LogP contribution in [-0.2, 0) is 0 Å². The van der Waals surface area contributed by atoms with Crippen molar-refractivity contribution in [2.24, 2.45) is 11.8 Å². The minimum absolute atomic E-state index is 0.262. The highest BCUT2D eigenvalue weighted by atomic mass is 35.5. The van der Waals surface area contributed by atoms with Gasteiger partial charge in [0.2, 0.25) is 0 Å². The second-order valence-corrected chi connectivity index (χ2v) is 5.00. The highest BCUT2D eigenvalue weighted by Crippen LogP contribution is 2.47. The minimum atomic E-state index is -0.308. The SMILES string of the molecule is Fc1cccc(C2NCC3CC2C3)c1Cl. The van der Waals surface area contributed by atoms with Gasteiger partial charge in [-0.05, 0) is 42.9 Å². The zero-order valence-electron chi connectivity index (χ0n) is 8.34. The molecule has 2 aliphatic heterocycles. The van der Waals surface area contributed by atoms with E-state index in [1.807, 2.05) is 6.07 Å². The molecule has 1 aromatic rings. The number of piperidine rings is 2. The van der Waals surface area contributed by atoms with Crippen molar-refractivity contribution in [2.75, 3.05) is 6.54 Å². The normalized spacial score (nSPS) is 33.6. The highest BCUT2D eigenvalue weighted by Gasteiger charge is 2.41. The van der Waals surface area contributed by atoms with E-state index in [4.69, 9.17) is 11.6 Å². The Bertz CT molecular complexity index is 384. The standard InChI is InChI=1S/C12H13ClFN/c13-11-9(2-1-3-10(11)14)12-8-4-7(5-8)6-15-12/h1-3,7-8,12,15H,4-6H2. The minimum Gasteiger partial charge on any atom is -0.309 e. The maximum atomic E-state index is 13.3. The molecule has 1 aromatic carbocycles. The Balaban J connectivity index is 1.94. The average molecular weight is 226 g/mol. The Hall–Kier alpha value is -0.600. The van der Waals surface area contributed by atoms with Crippen LogP contribution in [0.1, 0.15) is 24.4 Å². The van der Waals surface area contributed by atoms with Crippen LogP contribution in [0, 0.1) is 17.7 Å². The van der Waals surface area contributed by atoms with Crippen LogP contribution in [0.3, 0.4) is 0 Å². The first kappa shape index (κ1) is 9.61. The summed E-state index contributed by atoms with van der Waals surface area (Å²) < 4.78 is 13.3. The van der Waals surface area contributed by atoms with Crippen molar-refractivity contribution in [3.05, 3.63) is 34.6 Å². The molecule has 1 saturated carbocycles. The molecule has 3 aliphatic rings. The summed E-state index contributed by atoms with van der Waals surface area (Å²) in [5.74, 6) is 1.19. The van der Waals surface area contributed by atoms with Gasteiger partial charge >= 0.3 is 0 Å². The lowest BCUT2D eigenvalue weighted by atomic mass is 9.66. The second kappa shape index (κ2) is 3.46. The van der Waals surface area contributed by atoms with Gasteiger partial charge < -0.3 is 5.32 Å². The zero-order chi connectivity index (χ0) is 10.4. The molecular weight excluding hydrogens is 213 g/mol. The Morgan fingerprint density at radius 1 is 1.33 bits per heavy atom. The van der Waals surface area contributed by atoms with E-state index in [0.29, 0.717) is 10.9 Å². The predicted molar refractivity (Wildman–Crippen MR) is 58.4 cm³/mol. The Morgan fingerprint density at radius 3 is 2.80 bits per heavy atom. The van der Waals surface area contributed by atoms with E-state index in [1.165, 1.54) is 18.9 Å². The number of halogens is 2. The van der Waals surface area contributed by atoms with Gasteiger partial charge in [0.05, 0.1) is 5.02 Å². The molecule has 15 heavy (non-hydrogen) atoms. The third kappa shape index (κ3) is 1.47. The lowest BCUT2D eigenvalue weighted by Crippen LogP contribution is -2.48. The molecule has 1 N–H and O–H groups in total. The van der Waals surface area contributed by atoms with Gasteiger partial charge in [-0.25, -0.2) is 4.39 Å². The summed E-state index contributed by atoms with van der Waals surface area (Å²) >= 11 is 5.99. The quantitative estimate of drug-likeness (QED) is 0.774. The molecule has 1 atom stereocenters. The van der Waals surface area contributed by atoms with Crippen LogP contribution < -0.4 is 5.32 Å². The molecule has 3 fully saturated rings. The first-order chi connectivity index (χ1) is 7.25. The predicted octanol–water partition coefficient (Wildman–Crippen LogP) is 3.15. The third-order valence-electron chi connectivity index (χ3n) is 3.69. The Labute approximate surface area is 93.6 Å². The molecule has 2 bridgehead atoms. The molecule has 1 aliphatic carbocycles. The average Bonchev–Trinajstić information content (AvgIpc) is 2.21. The fourth-order valence-corrected chi connectivity index (χ4v) is 3.05. The van der Waals surface area contributed by atoms with Gasteiger partial charge in [-0.3, -0.25) is 0 Å². The fraction of sp³-hybridized carbons (Fsp3) is 0.500. The first-order valence-corrected chi connectivity index (χ1v) is 5.81. The molecule has 0 aromatic heterocycles. The monoisotopic (exact) mass is 225 g/mol. The molecule has 1 nitrogen and oxygen atoms in total. The number of fused-ring (bicyclic) bond motifs is 2. The van der Waals surface area contributed by atoms with Crippen molar-refractivity contribution in [2.45, 2.75) is 18.9 Å². The second-order valence-electron chi connectivity index (χ2n) is 4.63. The van der Waals surface area contributed by atoms with Gasteiger partial charge in [-0.1, -0.05) is 23.7 Å². The lowest BCUT2D eigenvalue weighted by Gasteiger charge is -2.47. The third-order valence-corrected chi connectivity index (χ3v) is 4.09. The maximum Gasteiger partial charge on any atom is 0.142 e.